The van der Waals surface area contributed by atoms with Crippen LogP contribution in [0.25, 0.3) is 0 Å². The summed E-state index contributed by atoms with van der Waals surface area (Å²) in [5, 5.41) is 0. The number of fused-ring (bicyclic) bond motifs is 3. The van der Waals surface area contributed by atoms with E-state index in [4.69, 9.17) is 14.2 Å². The van der Waals surface area contributed by atoms with Gasteiger partial charge in [0.25, 0.3) is 0 Å². The van der Waals surface area contributed by atoms with E-state index in [1.165, 1.54) is 7.11 Å². The summed E-state index contributed by atoms with van der Waals surface area (Å²) in [5.41, 5.74) is 0.264. The zero-order valence-corrected chi connectivity index (χ0v) is 17.9. The van der Waals surface area contributed by atoms with Gasteiger partial charge < -0.3 is 14.2 Å². The number of hydrogen-bond acceptors (Lipinski definition) is 6. The summed E-state index contributed by atoms with van der Waals surface area (Å²) in [4.78, 5) is 38.7. The number of unbranched alkanes of at least 4 members (excludes halogenated alkanes) is 3. The van der Waals surface area contributed by atoms with Gasteiger partial charge in [-0.15, -0.1) is 0 Å². The number of allylic oxidation sites excluding steroid dienone is 2. The normalized spacial score (nSPS) is 26.4. The molecule has 3 rings (SSSR count). The lowest BCUT2D eigenvalue weighted by molar-refractivity contribution is -0.150. The fourth-order valence-corrected chi connectivity index (χ4v) is 4.58. The summed E-state index contributed by atoms with van der Waals surface area (Å²) in [5.74, 6) is -1.46. The Morgan fingerprint density at radius 1 is 1.28 bits per heavy atom. The minimum absolute atomic E-state index is 0.00356. The molecule has 0 saturated carbocycles. The number of Topliss-reactive ketones (excluding diaryl/α,β-unsaturated/α-hetero) is 1. The van der Waals surface area contributed by atoms with Gasteiger partial charge in [0.15, 0.2) is 5.78 Å². The summed E-state index contributed by atoms with van der Waals surface area (Å²) >= 11 is 0. The molecule has 2 aliphatic heterocycles. The predicted octanol–water partition coefficient (Wildman–Crippen LogP) is 3.81. The Hall–Kier alpha value is -2.37. The highest BCUT2D eigenvalue weighted by Gasteiger charge is 2.60. The Bertz CT molecular complexity index is 830. The van der Waals surface area contributed by atoms with Crippen LogP contribution in [-0.4, -0.2) is 37.0 Å². The van der Waals surface area contributed by atoms with Crippen molar-refractivity contribution >= 4 is 17.7 Å². The second-order valence-corrected chi connectivity index (χ2v) is 8.30. The minimum Gasteiger partial charge on any atom is -0.497 e. The molecule has 158 valence electrons. The summed E-state index contributed by atoms with van der Waals surface area (Å²) in [6.45, 7) is 7.81. The van der Waals surface area contributed by atoms with E-state index < -0.39 is 17.5 Å². The van der Waals surface area contributed by atoms with Gasteiger partial charge >= 0.3 is 11.9 Å². The number of ether oxygens (including phenoxy) is 3. The number of carbonyl (C=O) groups excluding carboxylic acids is 3. The van der Waals surface area contributed by atoms with Gasteiger partial charge in [-0.25, -0.2) is 9.59 Å². The van der Waals surface area contributed by atoms with E-state index in [0.29, 0.717) is 23.3 Å². The average Bonchev–Trinajstić information content (AvgIpc) is 3.08. The van der Waals surface area contributed by atoms with Crippen LogP contribution in [-0.2, 0) is 28.6 Å². The second kappa shape index (κ2) is 8.17. The van der Waals surface area contributed by atoms with E-state index in [2.05, 4.69) is 6.92 Å². The first-order valence-corrected chi connectivity index (χ1v) is 10.4. The van der Waals surface area contributed by atoms with Crippen molar-refractivity contribution in [3.63, 3.8) is 0 Å². The molecule has 6 nitrogen and oxygen atoms in total. The van der Waals surface area contributed by atoms with Crippen molar-refractivity contribution in [3.8, 4) is 0 Å². The van der Waals surface area contributed by atoms with Crippen molar-refractivity contribution in [2.24, 2.45) is 11.8 Å². The predicted molar refractivity (Wildman–Crippen MR) is 107 cm³/mol. The molecule has 0 spiro atoms. The van der Waals surface area contributed by atoms with Crippen LogP contribution in [0.1, 0.15) is 59.8 Å². The first kappa shape index (κ1) is 21.3. The number of hydrogen-bond donors (Lipinski definition) is 0. The largest absolute Gasteiger partial charge is 0.497 e. The van der Waals surface area contributed by atoms with Crippen LogP contribution in [0.4, 0.5) is 0 Å². The van der Waals surface area contributed by atoms with Crippen molar-refractivity contribution in [1.82, 2.24) is 0 Å². The molecule has 0 fully saturated rings. The lowest BCUT2D eigenvalue weighted by atomic mass is 9.83. The van der Waals surface area contributed by atoms with Gasteiger partial charge in [0.2, 0.25) is 0 Å². The Morgan fingerprint density at radius 3 is 2.66 bits per heavy atom. The van der Waals surface area contributed by atoms with Gasteiger partial charge in [-0.1, -0.05) is 39.5 Å². The molecule has 3 atom stereocenters. The van der Waals surface area contributed by atoms with Crippen LogP contribution in [0.3, 0.4) is 0 Å². The summed E-state index contributed by atoms with van der Waals surface area (Å²) < 4.78 is 16.4. The van der Waals surface area contributed by atoms with Gasteiger partial charge in [0.1, 0.15) is 11.2 Å². The van der Waals surface area contributed by atoms with Crippen LogP contribution >= 0.6 is 0 Å². The van der Waals surface area contributed by atoms with E-state index in [1.54, 1.807) is 19.9 Å². The number of esters is 2. The standard InChI is InChI=1S/C23H30O6/c1-6-7-8-9-10-13(2)20(24)18-19-17(21(25)27-5)15-11-14(3)28-12-16(15)23(19,4)29-22(18)26/h11,13,16H,6-10,12H2,1-5H3. The fraction of sp³-hybridized carbons (Fsp3) is 0.609. The molecule has 0 aromatic heterocycles. The average molecular weight is 402 g/mol. The van der Waals surface area contributed by atoms with E-state index in [0.717, 1.165) is 25.7 Å². The van der Waals surface area contributed by atoms with E-state index in [-0.39, 0.29) is 35.4 Å². The molecule has 0 amide bonds. The third-order valence-corrected chi connectivity index (χ3v) is 6.24. The Kier molecular flexibility index (Phi) is 6.01. The molecule has 0 radical (unpaired) electrons. The van der Waals surface area contributed by atoms with E-state index in [1.807, 2.05) is 6.92 Å². The van der Waals surface area contributed by atoms with Crippen molar-refractivity contribution in [1.29, 1.82) is 0 Å². The Balaban J connectivity index is 2.04. The molecule has 3 aliphatic rings. The highest BCUT2D eigenvalue weighted by molar-refractivity contribution is 6.23. The molecule has 0 aromatic rings. The monoisotopic (exact) mass is 402 g/mol. The fourth-order valence-electron chi connectivity index (χ4n) is 4.58. The number of methoxy groups -OCH3 is 1. The number of carbonyl (C=O) groups is 3. The summed E-state index contributed by atoms with van der Waals surface area (Å²) in [6.07, 6.45) is 6.72. The van der Waals surface area contributed by atoms with Crippen LogP contribution in [0.2, 0.25) is 0 Å². The Labute approximate surface area is 172 Å². The van der Waals surface area contributed by atoms with Crippen molar-refractivity contribution in [3.05, 3.63) is 34.1 Å². The molecular weight excluding hydrogens is 372 g/mol. The minimum atomic E-state index is -1.10. The van der Waals surface area contributed by atoms with Crippen molar-refractivity contribution in [2.75, 3.05) is 13.7 Å². The molecule has 0 bridgehead atoms. The van der Waals surface area contributed by atoms with Crippen LogP contribution in [0.5, 0.6) is 0 Å². The maximum Gasteiger partial charge on any atom is 0.343 e. The van der Waals surface area contributed by atoms with Crippen LogP contribution < -0.4 is 0 Å². The molecule has 6 heteroatoms. The third-order valence-electron chi connectivity index (χ3n) is 6.24. The summed E-state index contributed by atoms with van der Waals surface area (Å²) in [7, 11) is 1.30. The maximum atomic E-state index is 13.3. The third kappa shape index (κ3) is 3.53. The second-order valence-electron chi connectivity index (χ2n) is 8.30. The van der Waals surface area contributed by atoms with Gasteiger partial charge in [-0.3, -0.25) is 4.79 Å². The maximum absolute atomic E-state index is 13.3. The molecule has 0 aromatic carbocycles. The number of ketones is 1. The first-order chi connectivity index (χ1) is 13.8. The van der Waals surface area contributed by atoms with E-state index in [9.17, 15) is 14.4 Å². The quantitative estimate of drug-likeness (QED) is 0.349. The molecule has 2 heterocycles. The molecule has 1 aliphatic carbocycles. The smallest absolute Gasteiger partial charge is 0.343 e. The van der Waals surface area contributed by atoms with Crippen molar-refractivity contribution in [2.45, 2.75) is 65.4 Å². The highest BCUT2D eigenvalue weighted by atomic mass is 16.6. The molecule has 29 heavy (non-hydrogen) atoms. The van der Waals surface area contributed by atoms with Gasteiger partial charge in [0, 0.05) is 11.5 Å². The topological polar surface area (TPSA) is 78.9 Å². The lowest BCUT2D eigenvalue weighted by Gasteiger charge is -2.32. The molecule has 0 saturated heterocycles. The van der Waals surface area contributed by atoms with Crippen LogP contribution in [0.15, 0.2) is 34.1 Å². The molecule has 0 N–H and O–H groups in total. The van der Waals surface area contributed by atoms with Gasteiger partial charge in [-0.05, 0) is 31.9 Å². The molecule has 3 unspecified atom stereocenters. The SMILES string of the molecule is CCCCCCC(C)C(=O)C1=C2C(C(=O)OC)=C3C=C(C)OCC3C2(C)OC1=O. The summed E-state index contributed by atoms with van der Waals surface area (Å²) in [6, 6.07) is 0. The zero-order chi connectivity index (χ0) is 21.3. The van der Waals surface area contributed by atoms with Gasteiger partial charge in [0.05, 0.1) is 31.0 Å². The van der Waals surface area contributed by atoms with Crippen molar-refractivity contribution < 1.29 is 28.6 Å². The highest BCUT2D eigenvalue weighted by Crippen LogP contribution is 2.54. The van der Waals surface area contributed by atoms with Gasteiger partial charge in [-0.2, -0.15) is 0 Å². The first-order valence-electron chi connectivity index (χ1n) is 10.4. The number of rotatable bonds is 8. The molecular formula is C23H30O6. The van der Waals surface area contributed by atoms with Crippen LogP contribution in [0, 0.1) is 11.8 Å². The lowest BCUT2D eigenvalue weighted by Crippen LogP contribution is -2.38. The van der Waals surface area contributed by atoms with E-state index >= 15 is 0 Å². The zero-order valence-electron chi connectivity index (χ0n) is 17.9. The Morgan fingerprint density at radius 2 is 2.00 bits per heavy atom.